The van der Waals surface area contributed by atoms with Gasteiger partial charge in [0.05, 0.1) is 15.8 Å². The van der Waals surface area contributed by atoms with E-state index in [1.165, 1.54) is 43.4 Å². The van der Waals surface area contributed by atoms with Gasteiger partial charge in [0.25, 0.3) is 0 Å². The molecule has 1 aromatic carbocycles. The number of carboxylic acids is 1. The molecule has 0 saturated heterocycles. The summed E-state index contributed by atoms with van der Waals surface area (Å²) in [5.41, 5.74) is 1.19. The Morgan fingerprint density at radius 1 is 1.32 bits per heavy atom. The van der Waals surface area contributed by atoms with Crippen molar-refractivity contribution < 1.29 is 9.90 Å². The number of carboxylic acid groups (broad SMARTS) is 1. The number of anilines is 1. The zero-order valence-corrected chi connectivity index (χ0v) is 11.4. The van der Waals surface area contributed by atoms with E-state index in [9.17, 15) is 4.79 Å². The minimum atomic E-state index is -0.892. The first-order valence-corrected chi connectivity index (χ1v) is 7.44. The van der Waals surface area contributed by atoms with Gasteiger partial charge in [-0.1, -0.05) is 30.6 Å². The normalized spacial score (nSPS) is 16.6. The number of rotatable bonds is 3. The van der Waals surface area contributed by atoms with Crippen molar-refractivity contribution in [1.29, 1.82) is 0 Å². The predicted octanol–water partition coefficient (Wildman–Crippen LogP) is 3.74. The molecule has 3 rings (SSSR count). The first-order chi connectivity index (χ1) is 9.22. The molecule has 1 saturated carbocycles. The highest BCUT2D eigenvalue weighted by Gasteiger charge is 2.15. The van der Waals surface area contributed by atoms with E-state index < -0.39 is 5.97 Å². The summed E-state index contributed by atoms with van der Waals surface area (Å²) < 4.78 is 0.929. The third kappa shape index (κ3) is 2.71. The summed E-state index contributed by atoms with van der Waals surface area (Å²) >= 11 is 1.54. The largest absolute Gasteiger partial charge is 0.478 e. The molecule has 0 bridgehead atoms. The molecule has 1 aliphatic carbocycles. The fourth-order valence-corrected chi connectivity index (χ4v) is 3.52. The van der Waals surface area contributed by atoms with E-state index in [-0.39, 0.29) is 0 Å². The van der Waals surface area contributed by atoms with Crippen molar-refractivity contribution in [2.24, 2.45) is 0 Å². The second-order valence-corrected chi connectivity index (χ2v) is 6.02. The quantitative estimate of drug-likeness (QED) is 0.896. The fraction of sp³-hybridized carbons (Fsp3) is 0.429. The van der Waals surface area contributed by atoms with Crippen LogP contribution in [0.25, 0.3) is 10.2 Å². The molecular weight excluding hydrogens is 260 g/mol. The molecule has 2 aromatic rings. The second kappa shape index (κ2) is 5.17. The van der Waals surface area contributed by atoms with Crippen molar-refractivity contribution in [1.82, 2.24) is 4.98 Å². The zero-order valence-electron chi connectivity index (χ0n) is 10.6. The van der Waals surface area contributed by atoms with Crippen LogP contribution in [0.5, 0.6) is 0 Å². The van der Waals surface area contributed by atoms with Crippen molar-refractivity contribution in [3.8, 4) is 0 Å². The summed E-state index contributed by atoms with van der Waals surface area (Å²) in [6, 6.07) is 5.60. The van der Waals surface area contributed by atoms with E-state index in [0.29, 0.717) is 11.6 Å². The Kier molecular flexibility index (Phi) is 3.38. The van der Waals surface area contributed by atoms with E-state index >= 15 is 0 Å². The number of hydrogen-bond acceptors (Lipinski definition) is 4. The lowest BCUT2D eigenvalue weighted by atomic mass is 9.96. The number of nitrogens with one attached hydrogen (secondary N) is 1. The number of aromatic nitrogens is 1. The molecule has 1 heterocycles. The van der Waals surface area contributed by atoms with Crippen LogP contribution in [0.2, 0.25) is 0 Å². The van der Waals surface area contributed by atoms with Crippen LogP contribution in [-0.2, 0) is 0 Å². The Labute approximate surface area is 115 Å². The van der Waals surface area contributed by atoms with Gasteiger partial charge in [-0.3, -0.25) is 0 Å². The summed E-state index contributed by atoms with van der Waals surface area (Å²) in [7, 11) is 0. The van der Waals surface area contributed by atoms with Crippen molar-refractivity contribution in [2.75, 3.05) is 5.32 Å². The fourth-order valence-electron chi connectivity index (χ4n) is 2.54. The number of benzene rings is 1. The molecule has 0 amide bonds. The van der Waals surface area contributed by atoms with E-state index in [2.05, 4.69) is 10.3 Å². The van der Waals surface area contributed by atoms with Gasteiger partial charge in [0.2, 0.25) is 0 Å². The van der Waals surface area contributed by atoms with Crippen LogP contribution in [0, 0.1) is 0 Å². The Bertz CT molecular complexity index is 603. The van der Waals surface area contributed by atoms with Crippen LogP contribution in [-0.4, -0.2) is 22.1 Å². The maximum absolute atomic E-state index is 10.9. The van der Waals surface area contributed by atoms with Gasteiger partial charge in [-0.25, -0.2) is 9.78 Å². The first kappa shape index (κ1) is 12.4. The van der Waals surface area contributed by atoms with E-state index in [4.69, 9.17) is 5.11 Å². The van der Waals surface area contributed by atoms with Gasteiger partial charge in [0, 0.05) is 6.04 Å². The Balaban J connectivity index is 1.82. The average Bonchev–Trinajstić information content (AvgIpc) is 2.80. The van der Waals surface area contributed by atoms with Crippen molar-refractivity contribution >= 4 is 32.7 Å². The minimum absolute atomic E-state index is 0.320. The number of thiazole rings is 1. The number of hydrogen-bond donors (Lipinski definition) is 2. The van der Waals surface area contributed by atoms with E-state index in [0.717, 1.165) is 15.3 Å². The van der Waals surface area contributed by atoms with Crippen LogP contribution in [0.4, 0.5) is 5.13 Å². The lowest BCUT2D eigenvalue weighted by Crippen LogP contribution is -2.21. The SMILES string of the molecule is O=C(O)c1ccc2nc(NC3CCCCC3)sc2c1. The lowest BCUT2D eigenvalue weighted by Gasteiger charge is -2.22. The van der Waals surface area contributed by atoms with Gasteiger partial charge in [0.1, 0.15) is 0 Å². The van der Waals surface area contributed by atoms with E-state index in [1.807, 2.05) is 0 Å². The predicted molar refractivity (Wildman–Crippen MR) is 77.1 cm³/mol. The number of fused-ring (bicyclic) bond motifs is 1. The molecule has 0 spiro atoms. The topological polar surface area (TPSA) is 62.2 Å². The molecule has 1 aromatic heterocycles. The molecule has 100 valence electrons. The van der Waals surface area contributed by atoms with Gasteiger partial charge >= 0.3 is 5.97 Å². The smallest absolute Gasteiger partial charge is 0.335 e. The molecule has 19 heavy (non-hydrogen) atoms. The highest BCUT2D eigenvalue weighted by atomic mass is 32.1. The maximum Gasteiger partial charge on any atom is 0.335 e. The van der Waals surface area contributed by atoms with Gasteiger partial charge in [0.15, 0.2) is 5.13 Å². The molecule has 4 nitrogen and oxygen atoms in total. The Morgan fingerprint density at radius 3 is 2.84 bits per heavy atom. The number of carbonyl (C=O) groups is 1. The molecule has 0 radical (unpaired) electrons. The Morgan fingerprint density at radius 2 is 2.11 bits per heavy atom. The van der Waals surface area contributed by atoms with Crippen LogP contribution in [0.15, 0.2) is 18.2 Å². The van der Waals surface area contributed by atoms with Crippen LogP contribution in [0.3, 0.4) is 0 Å². The molecule has 5 heteroatoms. The molecule has 0 atom stereocenters. The van der Waals surface area contributed by atoms with Crippen molar-refractivity contribution in [2.45, 2.75) is 38.1 Å². The molecule has 0 aliphatic heterocycles. The number of aromatic carboxylic acids is 1. The zero-order chi connectivity index (χ0) is 13.2. The molecule has 1 aliphatic rings. The van der Waals surface area contributed by atoms with Gasteiger partial charge < -0.3 is 10.4 Å². The molecule has 0 unspecified atom stereocenters. The van der Waals surface area contributed by atoms with E-state index in [1.54, 1.807) is 18.2 Å². The maximum atomic E-state index is 10.9. The summed E-state index contributed by atoms with van der Waals surface area (Å²) in [6.45, 7) is 0. The Hall–Kier alpha value is -1.62. The highest BCUT2D eigenvalue weighted by molar-refractivity contribution is 7.22. The van der Waals surface area contributed by atoms with Crippen molar-refractivity contribution in [3.05, 3.63) is 23.8 Å². The number of nitrogens with zero attached hydrogens (tertiary/aromatic N) is 1. The third-order valence-electron chi connectivity index (χ3n) is 3.57. The standard InChI is InChI=1S/C14H16N2O2S/c17-13(18)9-6-7-11-12(8-9)19-14(16-11)15-10-4-2-1-3-5-10/h6-8,10H,1-5H2,(H,15,16)(H,17,18). The summed E-state index contributed by atoms with van der Waals surface area (Å²) in [5.74, 6) is -0.892. The van der Waals surface area contributed by atoms with Gasteiger partial charge in [-0.15, -0.1) is 0 Å². The monoisotopic (exact) mass is 276 g/mol. The van der Waals surface area contributed by atoms with Crippen LogP contribution in [0.1, 0.15) is 42.5 Å². The van der Waals surface area contributed by atoms with Gasteiger partial charge in [-0.2, -0.15) is 0 Å². The minimum Gasteiger partial charge on any atom is -0.478 e. The molecule has 1 fully saturated rings. The van der Waals surface area contributed by atoms with Gasteiger partial charge in [-0.05, 0) is 31.0 Å². The lowest BCUT2D eigenvalue weighted by molar-refractivity contribution is 0.0697. The summed E-state index contributed by atoms with van der Waals surface area (Å²) in [5, 5.41) is 13.4. The first-order valence-electron chi connectivity index (χ1n) is 6.63. The van der Waals surface area contributed by atoms with Crippen LogP contribution < -0.4 is 5.32 Å². The highest BCUT2D eigenvalue weighted by Crippen LogP contribution is 2.29. The summed E-state index contributed by atoms with van der Waals surface area (Å²) in [6.07, 6.45) is 6.31. The van der Waals surface area contributed by atoms with Crippen LogP contribution >= 0.6 is 11.3 Å². The average molecular weight is 276 g/mol. The summed E-state index contributed by atoms with van der Waals surface area (Å²) in [4.78, 5) is 15.5. The van der Waals surface area contributed by atoms with Crippen molar-refractivity contribution in [3.63, 3.8) is 0 Å². The molecule has 2 N–H and O–H groups in total. The third-order valence-corrected chi connectivity index (χ3v) is 4.52. The molecular formula is C14H16N2O2S. The second-order valence-electron chi connectivity index (χ2n) is 4.99.